The first-order valence-electron chi connectivity index (χ1n) is 5.80. The van der Waals surface area contributed by atoms with Gasteiger partial charge in [-0.25, -0.2) is 4.98 Å². The van der Waals surface area contributed by atoms with Crippen molar-refractivity contribution in [3.63, 3.8) is 0 Å². The Kier molecular flexibility index (Phi) is 2.48. The maximum atomic E-state index is 5.44. The van der Waals surface area contributed by atoms with Gasteiger partial charge in [-0.1, -0.05) is 18.2 Å². The van der Waals surface area contributed by atoms with Crippen LogP contribution >= 0.6 is 0 Å². The van der Waals surface area contributed by atoms with Crippen molar-refractivity contribution in [1.29, 1.82) is 0 Å². The fourth-order valence-corrected chi connectivity index (χ4v) is 2.41. The lowest BCUT2D eigenvalue weighted by molar-refractivity contribution is 0.397. The number of hydrogen-bond donors (Lipinski definition) is 1. The van der Waals surface area contributed by atoms with Gasteiger partial charge in [0.15, 0.2) is 0 Å². The number of para-hydroxylation sites is 1. The van der Waals surface area contributed by atoms with Crippen molar-refractivity contribution in [2.24, 2.45) is 0 Å². The highest BCUT2D eigenvalue weighted by Gasteiger charge is 2.23. The molecule has 1 aliphatic rings. The number of methoxy groups -OCH3 is 1. The highest BCUT2D eigenvalue weighted by atomic mass is 16.5. The number of rotatable bonds is 2. The Morgan fingerprint density at radius 1 is 1.41 bits per heavy atom. The molecule has 0 aliphatic carbocycles. The van der Waals surface area contributed by atoms with Gasteiger partial charge in [0.25, 0.3) is 0 Å². The average Bonchev–Trinajstić information content (AvgIpc) is 2.86. The average molecular weight is 229 g/mol. The van der Waals surface area contributed by atoms with Gasteiger partial charge in [-0.2, -0.15) is 0 Å². The van der Waals surface area contributed by atoms with Crippen LogP contribution in [0.4, 0.5) is 5.95 Å². The first-order chi connectivity index (χ1) is 8.40. The molecule has 1 aliphatic heterocycles. The largest absolute Gasteiger partial charge is 0.496 e. The zero-order valence-corrected chi connectivity index (χ0v) is 9.76. The Bertz CT molecular complexity index is 521. The van der Waals surface area contributed by atoms with Crippen LogP contribution in [0, 0.1) is 0 Å². The van der Waals surface area contributed by atoms with Gasteiger partial charge in [-0.3, -0.25) is 0 Å². The van der Waals surface area contributed by atoms with Crippen LogP contribution < -0.4 is 10.1 Å². The van der Waals surface area contributed by atoms with Crippen molar-refractivity contribution in [3.05, 3.63) is 42.2 Å². The molecule has 1 aromatic heterocycles. The monoisotopic (exact) mass is 229 g/mol. The van der Waals surface area contributed by atoms with Crippen LogP contribution in [-0.2, 0) is 0 Å². The zero-order chi connectivity index (χ0) is 11.7. The van der Waals surface area contributed by atoms with E-state index < -0.39 is 0 Å². The molecule has 0 radical (unpaired) electrons. The van der Waals surface area contributed by atoms with Crippen molar-refractivity contribution in [1.82, 2.24) is 9.55 Å². The lowest BCUT2D eigenvalue weighted by atomic mass is 10.0. The molecule has 0 saturated carbocycles. The third kappa shape index (κ3) is 1.65. The molecular formula is C13H15N3O. The van der Waals surface area contributed by atoms with E-state index >= 15 is 0 Å². The van der Waals surface area contributed by atoms with E-state index in [0.717, 1.165) is 24.7 Å². The molecule has 0 amide bonds. The second-order valence-corrected chi connectivity index (χ2v) is 4.13. The van der Waals surface area contributed by atoms with Crippen LogP contribution in [0.3, 0.4) is 0 Å². The van der Waals surface area contributed by atoms with Crippen molar-refractivity contribution < 1.29 is 4.74 Å². The summed E-state index contributed by atoms with van der Waals surface area (Å²) < 4.78 is 7.60. The van der Waals surface area contributed by atoms with E-state index in [-0.39, 0.29) is 0 Å². The molecule has 2 aromatic rings. The number of anilines is 1. The number of ether oxygens (including phenoxy) is 1. The zero-order valence-electron chi connectivity index (χ0n) is 9.76. The number of nitrogens with zero attached hydrogens (tertiary/aromatic N) is 2. The van der Waals surface area contributed by atoms with Gasteiger partial charge < -0.3 is 14.6 Å². The Hall–Kier alpha value is -1.97. The molecule has 4 heteroatoms. The van der Waals surface area contributed by atoms with Crippen LogP contribution in [0.25, 0.3) is 0 Å². The Labute approximate surface area is 100 Å². The number of nitrogens with one attached hydrogen (secondary N) is 1. The molecule has 88 valence electrons. The molecule has 2 heterocycles. The standard InChI is InChI=1S/C13H15N3O/c1-17-12-5-3-2-4-10(12)11-6-7-14-13-15-8-9-16(11)13/h2-5,8-9,11H,6-7H2,1H3,(H,14,15). The molecular weight excluding hydrogens is 214 g/mol. The van der Waals surface area contributed by atoms with Gasteiger partial charge in [0.1, 0.15) is 5.75 Å². The van der Waals surface area contributed by atoms with E-state index in [1.165, 1.54) is 5.56 Å². The summed E-state index contributed by atoms with van der Waals surface area (Å²) >= 11 is 0. The van der Waals surface area contributed by atoms with Crippen LogP contribution in [0.5, 0.6) is 5.75 Å². The summed E-state index contributed by atoms with van der Waals surface area (Å²) in [6.45, 7) is 0.944. The minimum atomic E-state index is 0.310. The highest BCUT2D eigenvalue weighted by molar-refractivity contribution is 5.40. The minimum absolute atomic E-state index is 0.310. The Balaban J connectivity index is 2.06. The van der Waals surface area contributed by atoms with Crippen LogP contribution in [0.15, 0.2) is 36.7 Å². The summed E-state index contributed by atoms with van der Waals surface area (Å²) in [4.78, 5) is 4.30. The molecule has 4 nitrogen and oxygen atoms in total. The molecule has 0 saturated heterocycles. The second-order valence-electron chi connectivity index (χ2n) is 4.13. The summed E-state index contributed by atoms with van der Waals surface area (Å²) in [6.07, 6.45) is 4.89. The molecule has 1 atom stereocenters. The molecule has 1 aromatic carbocycles. The normalized spacial score (nSPS) is 18.3. The van der Waals surface area contributed by atoms with Gasteiger partial charge in [-0.05, 0) is 12.5 Å². The lowest BCUT2D eigenvalue weighted by Crippen LogP contribution is -2.23. The number of benzene rings is 1. The topological polar surface area (TPSA) is 39.1 Å². The van der Waals surface area contributed by atoms with Gasteiger partial charge in [0.05, 0.1) is 13.2 Å². The molecule has 0 spiro atoms. The molecule has 1 N–H and O–H groups in total. The van der Waals surface area contributed by atoms with Gasteiger partial charge in [0.2, 0.25) is 5.95 Å². The number of aromatic nitrogens is 2. The highest BCUT2D eigenvalue weighted by Crippen LogP contribution is 2.33. The van der Waals surface area contributed by atoms with Crippen molar-refractivity contribution in [2.75, 3.05) is 19.0 Å². The number of fused-ring (bicyclic) bond motifs is 1. The SMILES string of the molecule is COc1ccccc1C1CCNc2nccn21. The van der Waals surface area contributed by atoms with Crippen LogP contribution in [0.1, 0.15) is 18.0 Å². The van der Waals surface area contributed by atoms with Crippen molar-refractivity contribution in [3.8, 4) is 5.75 Å². The third-order valence-electron chi connectivity index (χ3n) is 3.20. The van der Waals surface area contributed by atoms with E-state index in [1.54, 1.807) is 7.11 Å². The Morgan fingerprint density at radius 2 is 2.29 bits per heavy atom. The van der Waals surface area contributed by atoms with E-state index in [4.69, 9.17) is 4.74 Å². The van der Waals surface area contributed by atoms with E-state index in [2.05, 4.69) is 27.0 Å². The maximum Gasteiger partial charge on any atom is 0.203 e. The lowest BCUT2D eigenvalue weighted by Gasteiger charge is -2.27. The maximum absolute atomic E-state index is 5.44. The van der Waals surface area contributed by atoms with Crippen LogP contribution in [-0.4, -0.2) is 23.2 Å². The predicted molar refractivity (Wildman–Crippen MR) is 66.5 cm³/mol. The number of hydrogen-bond acceptors (Lipinski definition) is 3. The molecule has 0 fully saturated rings. The van der Waals surface area contributed by atoms with Gasteiger partial charge in [0, 0.05) is 24.5 Å². The molecule has 17 heavy (non-hydrogen) atoms. The number of imidazole rings is 1. The third-order valence-corrected chi connectivity index (χ3v) is 3.20. The fraction of sp³-hybridized carbons (Fsp3) is 0.308. The summed E-state index contributed by atoms with van der Waals surface area (Å²) in [5.74, 6) is 1.88. The van der Waals surface area contributed by atoms with Gasteiger partial charge >= 0.3 is 0 Å². The first-order valence-corrected chi connectivity index (χ1v) is 5.80. The molecule has 3 rings (SSSR count). The van der Waals surface area contributed by atoms with E-state index in [0.29, 0.717) is 6.04 Å². The predicted octanol–water partition coefficient (Wildman–Crippen LogP) is 2.30. The summed E-state index contributed by atoms with van der Waals surface area (Å²) in [6, 6.07) is 8.49. The molecule has 0 bridgehead atoms. The second kappa shape index (κ2) is 4.13. The van der Waals surface area contributed by atoms with E-state index in [9.17, 15) is 0 Å². The fourth-order valence-electron chi connectivity index (χ4n) is 2.41. The summed E-state index contributed by atoms with van der Waals surface area (Å²) in [5.41, 5.74) is 1.22. The van der Waals surface area contributed by atoms with Gasteiger partial charge in [-0.15, -0.1) is 0 Å². The van der Waals surface area contributed by atoms with Crippen molar-refractivity contribution >= 4 is 5.95 Å². The summed E-state index contributed by atoms with van der Waals surface area (Å²) in [7, 11) is 1.72. The van der Waals surface area contributed by atoms with Crippen LogP contribution in [0.2, 0.25) is 0 Å². The quantitative estimate of drug-likeness (QED) is 0.858. The minimum Gasteiger partial charge on any atom is -0.496 e. The molecule has 1 unspecified atom stereocenters. The van der Waals surface area contributed by atoms with E-state index in [1.807, 2.05) is 24.5 Å². The van der Waals surface area contributed by atoms with Crippen molar-refractivity contribution in [2.45, 2.75) is 12.5 Å². The smallest absolute Gasteiger partial charge is 0.203 e. The Morgan fingerprint density at radius 3 is 3.18 bits per heavy atom. The summed E-state index contributed by atoms with van der Waals surface area (Å²) in [5, 5.41) is 3.29. The first kappa shape index (κ1) is 10.2.